The fourth-order valence-corrected chi connectivity index (χ4v) is 2.79. The Morgan fingerprint density at radius 2 is 1.43 bits per heavy atom. The van der Waals surface area contributed by atoms with Crippen LogP contribution in [-0.2, 0) is 12.4 Å². The maximum Gasteiger partial charge on any atom is 0.416 e. The lowest BCUT2D eigenvalue weighted by atomic mass is 9.98. The van der Waals surface area contributed by atoms with Crippen LogP contribution in [0.5, 0.6) is 0 Å². The summed E-state index contributed by atoms with van der Waals surface area (Å²) in [4.78, 5) is 4.48. The minimum atomic E-state index is -4.88. The highest BCUT2D eigenvalue weighted by Crippen LogP contribution is 2.37. The van der Waals surface area contributed by atoms with Gasteiger partial charge in [0.15, 0.2) is 0 Å². The molecule has 0 fully saturated rings. The molecule has 0 aliphatic rings. The second kappa shape index (κ2) is 8.80. The maximum atomic E-state index is 13.2. The summed E-state index contributed by atoms with van der Waals surface area (Å²) in [5.74, 6) is 0. The Labute approximate surface area is 160 Å². The van der Waals surface area contributed by atoms with Gasteiger partial charge in [0, 0.05) is 5.71 Å². The second-order valence-corrected chi connectivity index (χ2v) is 6.56. The second-order valence-electron chi connectivity index (χ2n) is 6.56. The predicted molar refractivity (Wildman–Crippen MR) is 97.4 cm³/mol. The number of unbranched alkanes of at least 4 members (excludes halogenated alkanes) is 1. The molecular weight excluding hydrogens is 380 g/mol. The van der Waals surface area contributed by atoms with Gasteiger partial charge in [-0.25, -0.2) is 0 Å². The van der Waals surface area contributed by atoms with E-state index in [-0.39, 0.29) is 17.3 Å². The van der Waals surface area contributed by atoms with E-state index in [0.29, 0.717) is 12.8 Å². The fraction of sp³-hybridized carbons (Fsp3) is 0.381. The number of alkyl halides is 6. The number of hydrogen-bond acceptors (Lipinski definition) is 1. The summed E-state index contributed by atoms with van der Waals surface area (Å²) in [6.07, 6.45) is -8.11. The van der Waals surface area contributed by atoms with Crippen LogP contribution in [0.15, 0.2) is 53.5 Å². The van der Waals surface area contributed by atoms with Crippen LogP contribution < -0.4 is 0 Å². The summed E-state index contributed by atoms with van der Waals surface area (Å²) in [6, 6.07) is 10.3. The predicted octanol–water partition coefficient (Wildman–Crippen LogP) is 7.46. The molecule has 0 aliphatic heterocycles. The van der Waals surface area contributed by atoms with Crippen molar-refractivity contribution in [1.29, 1.82) is 0 Å². The van der Waals surface area contributed by atoms with Gasteiger partial charge >= 0.3 is 12.4 Å². The van der Waals surface area contributed by atoms with Crippen molar-refractivity contribution in [2.24, 2.45) is 4.99 Å². The maximum absolute atomic E-state index is 13.2. The lowest BCUT2D eigenvalue weighted by molar-refractivity contribution is -0.143. The van der Waals surface area contributed by atoms with E-state index < -0.39 is 29.5 Å². The molecule has 1 unspecified atom stereocenters. The fourth-order valence-electron chi connectivity index (χ4n) is 2.79. The molecule has 0 amide bonds. The van der Waals surface area contributed by atoms with Crippen molar-refractivity contribution in [3.8, 4) is 0 Å². The summed E-state index contributed by atoms with van der Waals surface area (Å²) >= 11 is 0. The van der Waals surface area contributed by atoms with Gasteiger partial charge in [-0.15, -0.1) is 0 Å². The first-order valence-electron chi connectivity index (χ1n) is 8.94. The molecule has 0 radical (unpaired) electrons. The van der Waals surface area contributed by atoms with Crippen LogP contribution in [0.1, 0.15) is 61.4 Å². The molecule has 0 heterocycles. The van der Waals surface area contributed by atoms with Crippen LogP contribution >= 0.6 is 0 Å². The minimum absolute atomic E-state index is 0.140. The smallest absolute Gasteiger partial charge is 0.281 e. The van der Waals surface area contributed by atoms with Crippen molar-refractivity contribution in [3.05, 3.63) is 70.8 Å². The standard InChI is InChI=1S/C21H21F6N/c1-3-4-10-19(28-14(2)15-8-6-5-7-9-15)16-11-17(20(22,23)24)13-18(12-16)21(25,26)27/h5-9,11-14H,3-4,10H2,1-2H3. The lowest BCUT2D eigenvalue weighted by Gasteiger charge is -2.17. The number of rotatable bonds is 6. The molecule has 1 nitrogen and oxygen atoms in total. The van der Waals surface area contributed by atoms with Gasteiger partial charge in [-0.05, 0) is 49.1 Å². The normalized spacial score (nSPS) is 14.2. The van der Waals surface area contributed by atoms with E-state index in [1.807, 2.05) is 25.1 Å². The number of halogens is 6. The van der Waals surface area contributed by atoms with E-state index in [1.54, 1.807) is 19.1 Å². The number of benzene rings is 2. The molecule has 2 rings (SSSR count). The third-order valence-electron chi connectivity index (χ3n) is 4.32. The van der Waals surface area contributed by atoms with Crippen molar-refractivity contribution in [2.75, 3.05) is 0 Å². The number of nitrogens with zero attached hydrogens (tertiary/aromatic N) is 1. The zero-order valence-electron chi connectivity index (χ0n) is 15.5. The Morgan fingerprint density at radius 1 is 0.893 bits per heavy atom. The van der Waals surface area contributed by atoms with E-state index in [9.17, 15) is 26.3 Å². The van der Waals surface area contributed by atoms with Crippen molar-refractivity contribution in [3.63, 3.8) is 0 Å². The van der Waals surface area contributed by atoms with Crippen molar-refractivity contribution >= 4 is 5.71 Å². The van der Waals surface area contributed by atoms with Gasteiger partial charge in [0.25, 0.3) is 0 Å². The molecular formula is C21H21F6N. The molecule has 0 saturated heterocycles. The van der Waals surface area contributed by atoms with Gasteiger partial charge in [0.1, 0.15) is 0 Å². The molecule has 152 valence electrons. The highest BCUT2D eigenvalue weighted by molar-refractivity contribution is 6.01. The van der Waals surface area contributed by atoms with Gasteiger partial charge in [-0.2, -0.15) is 26.3 Å². The molecule has 2 aromatic rings. The van der Waals surface area contributed by atoms with Gasteiger partial charge in [0.05, 0.1) is 17.2 Å². The van der Waals surface area contributed by atoms with Crippen LogP contribution in [0.3, 0.4) is 0 Å². The third-order valence-corrected chi connectivity index (χ3v) is 4.32. The summed E-state index contributed by atoms with van der Waals surface area (Å²) in [7, 11) is 0. The summed E-state index contributed by atoms with van der Waals surface area (Å²) < 4.78 is 79.0. The molecule has 1 atom stereocenters. The summed E-state index contributed by atoms with van der Waals surface area (Å²) in [6.45, 7) is 3.66. The Morgan fingerprint density at radius 3 is 1.89 bits per heavy atom. The first-order chi connectivity index (χ1) is 13.0. The summed E-state index contributed by atoms with van der Waals surface area (Å²) in [5, 5.41) is 0. The van der Waals surface area contributed by atoms with Gasteiger partial charge < -0.3 is 0 Å². The SMILES string of the molecule is CCCCC(=NC(C)c1ccccc1)c1cc(C(F)(F)F)cc(C(F)(F)F)c1. The Balaban J connectivity index is 2.57. The molecule has 0 N–H and O–H groups in total. The number of hydrogen-bond donors (Lipinski definition) is 0. The zero-order chi connectivity index (χ0) is 20.9. The van der Waals surface area contributed by atoms with Crippen LogP contribution in [-0.4, -0.2) is 5.71 Å². The largest absolute Gasteiger partial charge is 0.416 e. The van der Waals surface area contributed by atoms with E-state index in [4.69, 9.17) is 0 Å². The van der Waals surface area contributed by atoms with E-state index in [1.165, 1.54) is 0 Å². The van der Waals surface area contributed by atoms with Gasteiger partial charge in [0.2, 0.25) is 0 Å². The van der Waals surface area contributed by atoms with Crippen LogP contribution in [0.25, 0.3) is 0 Å². The monoisotopic (exact) mass is 401 g/mol. The van der Waals surface area contributed by atoms with E-state index >= 15 is 0 Å². The van der Waals surface area contributed by atoms with E-state index in [2.05, 4.69) is 4.99 Å². The van der Waals surface area contributed by atoms with Gasteiger partial charge in [-0.3, -0.25) is 4.99 Å². The van der Waals surface area contributed by atoms with Crippen LogP contribution in [0.4, 0.5) is 26.3 Å². The van der Waals surface area contributed by atoms with Gasteiger partial charge in [-0.1, -0.05) is 43.7 Å². The van der Waals surface area contributed by atoms with Crippen LogP contribution in [0, 0.1) is 0 Å². The molecule has 7 heteroatoms. The number of aliphatic imine (C=N–C) groups is 1. The first kappa shape index (κ1) is 22.0. The Kier molecular flexibility index (Phi) is 6.91. The first-order valence-corrected chi connectivity index (χ1v) is 8.94. The highest BCUT2D eigenvalue weighted by Gasteiger charge is 2.37. The van der Waals surface area contributed by atoms with Crippen molar-refractivity contribution in [1.82, 2.24) is 0 Å². The lowest BCUT2D eigenvalue weighted by Crippen LogP contribution is -2.14. The topological polar surface area (TPSA) is 12.4 Å². The highest BCUT2D eigenvalue weighted by atomic mass is 19.4. The van der Waals surface area contributed by atoms with E-state index in [0.717, 1.165) is 24.1 Å². The zero-order valence-corrected chi connectivity index (χ0v) is 15.5. The molecule has 28 heavy (non-hydrogen) atoms. The average molecular weight is 401 g/mol. The molecule has 0 saturated carbocycles. The van der Waals surface area contributed by atoms with Crippen molar-refractivity contribution < 1.29 is 26.3 Å². The Hall–Kier alpha value is -2.31. The molecule has 0 bridgehead atoms. The molecule has 0 aliphatic carbocycles. The third kappa shape index (κ3) is 5.84. The molecule has 0 spiro atoms. The summed E-state index contributed by atoms with van der Waals surface area (Å²) in [5.41, 5.74) is -1.71. The quantitative estimate of drug-likeness (QED) is 0.352. The molecule has 0 aromatic heterocycles. The van der Waals surface area contributed by atoms with Crippen molar-refractivity contribution in [2.45, 2.75) is 51.5 Å². The van der Waals surface area contributed by atoms with Crippen LogP contribution in [0.2, 0.25) is 0 Å². The minimum Gasteiger partial charge on any atom is -0.281 e. The molecule has 2 aromatic carbocycles. The Bertz CT molecular complexity index is 774. The average Bonchev–Trinajstić information content (AvgIpc) is 2.64.